The molecule has 1 unspecified atom stereocenters. The lowest BCUT2D eigenvalue weighted by molar-refractivity contribution is -0.136. The maximum absolute atomic E-state index is 11.1. The summed E-state index contributed by atoms with van der Waals surface area (Å²) in [4.78, 5) is 15.2. The Bertz CT molecular complexity index is 879. The van der Waals surface area contributed by atoms with Gasteiger partial charge in [-0.1, -0.05) is 41.6 Å². The quantitative estimate of drug-likeness (QED) is 0.821. The van der Waals surface area contributed by atoms with Crippen LogP contribution in [-0.2, 0) is 4.79 Å². The highest BCUT2D eigenvalue weighted by molar-refractivity contribution is 8.00. The van der Waals surface area contributed by atoms with Crippen LogP contribution in [0.4, 0.5) is 5.82 Å². The molecule has 0 aliphatic carbocycles. The first kappa shape index (κ1) is 17.3. The second-order valence-electron chi connectivity index (χ2n) is 5.12. The molecule has 0 fully saturated rings. The van der Waals surface area contributed by atoms with Crippen molar-refractivity contribution in [1.82, 2.24) is 4.98 Å². The topological polar surface area (TPSA) is 124 Å². The highest BCUT2D eigenvalue weighted by Crippen LogP contribution is 2.36. The molecule has 6 nitrogen and oxygen atoms in total. The van der Waals surface area contributed by atoms with Gasteiger partial charge in [-0.05, 0) is 19.4 Å². The molecule has 1 atom stereocenters. The number of pyridine rings is 1. The van der Waals surface area contributed by atoms with Crippen LogP contribution in [0.1, 0.15) is 23.6 Å². The van der Waals surface area contributed by atoms with Crippen LogP contribution < -0.4 is 5.73 Å². The van der Waals surface area contributed by atoms with Crippen molar-refractivity contribution in [2.45, 2.75) is 24.1 Å². The summed E-state index contributed by atoms with van der Waals surface area (Å²) in [7, 11) is 0. The average molecular weight is 338 g/mol. The first-order chi connectivity index (χ1) is 11.4. The Hall–Kier alpha value is -3.03. The Labute approximate surface area is 143 Å². The van der Waals surface area contributed by atoms with Crippen LogP contribution >= 0.6 is 11.8 Å². The third kappa shape index (κ3) is 3.32. The largest absolute Gasteiger partial charge is 0.480 e. The second kappa shape index (κ2) is 7.03. The lowest BCUT2D eigenvalue weighted by atomic mass is 9.96. The average Bonchev–Trinajstić information content (AvgIpc) is 2.55. The molecule has 1 aromatic heterocycles. The molecule has 1 aromatic carbocycles. The minimum Gasteiger partial charge on any atom is -0.480 e. The van der Waals surface area contributed by atoms with Crippen molar-refractivity contribution < 1.29 is 9.90 Å². The lowest BCUT2D eigenvalue weighted by Crippen LogP contribution is -2.13. The molecule has 0 saturated carbocycles. The summed E-state index contributed by atoms with van der Waals surface area (Å²) in [6.45, 7) is 3.42. The van der Waals surface area contributed by atoms with Crippen LogP contribution in [0, 0.1) is 29.6 Å². The molecule has 0 spiro atoms. The highest BCUT2D eigenvalue weighted by Gasteiger charge is 2.23. The fourth-order valence-corrected chi connectivity index (χ4v) is 2.96. The van der Waals surface area contributed by atoms with Crippen molar-refractivity contribution >= 4 is 23.5 Å². The van der Waals surface area contributed by atoms with Crippen molar-refractivity contribution in [2.75, 3.05) is 5.73 Å². The second-order valence-corrected chi connectivity index (χ2v) is 6.44. The van der Waals surface area contributed by atoms with E-state index in [1.165, 1.54) is 6.92 Å². The maximum atomic E-state index is 11.1. The number of rotatable bonds is 4. The number of carboxylic acids is 1. The van der Waals surface area contributed by atoms with Gasteiger partial charge in [-0.3, -0.25) is 4.79 Å². The van der Waals surface area contributed by atoms with Crippen molar-refractivity contribution in [1.29, 1.82) is 10.5 Å². The van der Waals surface area contributed by atoms with Gasteiger partial charge >= 0.3 is 5.97 Å². The van der Waals surface area contributed by atoms with E-state index in [9.17, 15) is 15.3 Å². The van der Waals surface area contributed by atoms with E-state index in [0.717, 1.165) is 17.3 Å². The molecule has 2 rings (SSSR count). The molecule has 1 heterocycles. The minimum absolute atomic E-state index is 0.0211. The van der Waals surface area contributed by atoms with Crippen molar-refractivity contribution in [3.8, 4) is 23.3 Å². The number of nitrogens with zero attached hydrogens (tertiary/aromatic N) is 3. The molecule has 0 amide bonds. The molecule has 0 bridgehead atoms. The summed E-state index contributed by atoms with van der Waals surface area (Å²) >= 11 is 0.926. The van der Waals surface area contributed by atoms with Crippen LogP contribution in [-0.4, -0.2) is 21.3 Å². The fraction of sp³-hybridized carbons (Fsp3) is 0.176. The zero-order valence-corrected chi connectivity index (χ0v) is 13.9. The standard InChI is InChI=1S/C17H14N4O2S/c1-9-3-5-11(6-4-9)14-12(7-18)15(20)21-16(13(14)8-19)24-10(2)17(22)23/h3-6,10H,1-2H3,(H2,20,21)(H,22,23). The highest BCUT2D eigenvalue weighted by atomic mass is 32.2. The number of aryl methyl sites for hydroxylation is 1. The molecule has 7 heteroatoms. The Balaban J connectivity index is 2.74. The van der Waals surface area contributed by atoms with E-state index < -0.39 is 11.2 Å². The number of nitrogen functional groups attached to an aromatic ring is 1. The predicted octanol–water partition coefficient (Wildman–Crippen LogP) is 2.95. The van der Waals surface area contributed by atoms with Crippen molar-refractivity contribution in [3.05, 3.63) is 41.0 Å². The number of thioether (sulfide) groups is 1. The number of nitrogens with two attached hydrogens (primary N) is 1. The summed E-state index contributed by atoms with van der Waals surface area (Å²) in [6, 6.07) is 11.3. The van der Waals surface area contributed by atoms with Crippen LogP contribution in [0.5, 0.6) is 0 Å². The van der Waals surface area contributed by atoms with Gasteiger partial charge in [0.15, 0.2) is 0 Å². The molecule has 24 heavy (non-hydrogen) atoms. The monoisotopic (exact) mass is 338 g/mol. The minimum atomic E-state index is -1.02. The summed E-state index contributed by atoms with van der Waals surface area (Å²) in [5, 5.41) is 27.5. The number of benzene rings is 1. The Kier molecular flexibility index (Phi) is 5.08. The number of nitriles is 2. The SMILES string of the molecule is Cc1ccc(-c2c(C#N)c(N)nc(SC(C)C(=O)O)c2C#N)cc1. The Morgan fingerprint density at radius 1 is 1.25 bits per heavy atom. The van der Waals surface area contributed by atoms with E-state index in [2.05, 4.69) is 4.98 Å². The van der Waals surface area contributed by atoms with Crippen LogP contribution in [0.3, 0.4) is 0 Å². The smallest absolute Gasteiger partial charge is 0.316 e. The molecule has 0 aliphatic heterocycles. The molecule has 120 valence electrons. The van der Waals surface area contributed by atoms with Crippen LogP contribution in [0.2, 0.25) is 0 Å². The predicted molar refractivity (Wildman–Crippen MR) is 91.2 cm³/mol. The van der Waals surface area contributed by atoms with Crippen LogP contribution in [0.25, 0.3) is 11.1 Å². The van der Waals surface area contributed by atoms with Crippen molar-refractivity contribution in [3.63, 3.8) is 0 Å². The summed E-state index contributed by atoms with van der Waals surface area (Å²) in [5.74, 6) is -1.04. The first-order valence-electron chi connectivity index (χ1n) is 6.99. The van der Waals surface area contributed by atoms with E-state index in [4.69, 9.17) is 10.8 Å². The first-order valence-corrected chi connectivity index (χ1v) is 7.87. The zero-order chi connectivity index (χ0) is 17.9. The molecule has 0 radical (unpaired) electrons. The number of carbonyl (C=O) groups is 1. The molecule has 0 saturated heterocycles. The molecule has 3 N–H and O–H groups in total. The van der Waals surface area contributed by atoms with Gasteiger partial charge in [0.2, 0.25) is 0 Å². The van der Waals surface area contributed by atoms with Gasteiger partial charge in [0.05, 0.1) is 5.56 Å². The van der Waals surface area contributed by atoms with E-state index in [0.29, 0.717) is 11.1 Å². The van der Waals surface area contributed by atoms with E-state index in [1.54, 1.807) is 12.1 Å². The molecular weight excluding hydrogens is 324 g/mol. The molecular formula is C17H14N4O2S. The van der Waals surface area contributed by atoms with Crippen molar-refractivity contribution in [2.24, 2.45) is 0 Å². The Morgan fingerprint density at radius 2 is 1.83 bits per heavy atom. The van der Waals surface area contributed by atoms with Gasteiger partial charge < -0.3 is 10.8 Å². The zero-order valence-electron chi connectivity index (χ0n) is 13.1. The summed E-state index contributed by atoms with van der Waals surface area (Å²) in [5.41, 5.74) is 8.22. The van der Waals surface area contributed by atoms with Gasteiger partial charge in [-0.2, -0.15) is 10.5 Å². The van der Waals surface area contributed by atoms with Gasteiger partial charge in [0, 0.05) is 5.56 Å². The van der Waals surface area contributed by atoms with Gasteiger partial charge in [-0.15, -0.1) is 0 Å². The third-order valence-corrected chi connectivity index (χ3v) is 4.47. The Morgan fingerprint density at radius 3 is 2.33 bits per heavy atom. The van der Waals surface area contributed by atoms with E-state index in [-0.39, 0.29) is 22.0 Å². The van der Waals surface area contributed by atoms with Gasteiger partial charge in [0.1, 0.15) is 33.8 Å². The van der Waals surface area contributed by atoms with E-state index in [1.807, 2.05) is 31.2 Å². The number of anilines is 1. The number of aromatic nitrogens is 1. The molecule has 2 aromatic rings. The normalized spacial score (nSPS) is 11.3. The van der Waals surface area contributed by atoms with Gasteiger partial charge in [0.25, 0.3) is 0 Å². The summed E-state index contributed by atoms with van der Waals surface area (Å²) in [6.07, 6.45) is 0. The van der Waals surface area contributed by atoms with E-state index >= 15 is 0 Å². The summed E-state index contributed by atoms with van der Waals surface area (Å²) < 4.78 is 0. The molecule has 0 aliphatic rings. The number of carboxylic acid groups (broad SMARTS) is 1. The number of hydrogen-bond donors (Lipinski definition) is 2. The lowest BCUT2D eigenvalue weighted by Gasteiger charge is -2.14. The van der Waals surface area contributed by atoms with Gasteiger partial charge in [-0.25, -0.2) is 4.98 Å². The number of hydrogen-bond acceptors (Lipinski definition) is 6. The number of aliphatic carboxylic acids is 1. The van der Waals surface area contributed by atoms with Crippen LogP contribution in [0.15, 0.2) is 29.3 Å². The fourth-order valence-electron chi connectivity index (χ4n) is 2.11. The third-order valence-electron chi connectivity index (χ3n) is 3.39. The maximum Gasteiger partial charge on any atom is 0.316 e.